The molecule has 2 heterocycles. The van der Waals surface area contributed by atoms with E-state index in [4.69, 9.17) is 4.74 Å². The summed E-state index contributed by atoms with van der Waals surface area (Å²) in [4.78, 5) is 17.1. The molecule has 3 rings (SSSR count). The number of halogens is 1. The second-order valence-corrected chi connectivity index (χ2v) is 7.93. The number of hydrogen-bond donors (Lipinski definition) is 1. The number of ether oxygens (including phenoxy) is 1. The average Bonchev–Trinajstić information content (AvgIpc) is 2.99. The van der Waals surface area contributed by atoms with Gasteiger partial charge in [0.05, 0.1) is 6.10 Å². The van der Waals surface area contributed by atoms with Gasteiger partial charge < -0.3 is 15.0 Å². The van der Waals surface area contributed by atoms with Crippen molar-refractivity contribution in [2.24, 2.45) is 11.3 Å². The number of nitrogens with one attached hydrogen (secondary N) is 1. The van der Waals surface area contributed by atoms with Gasteiger partial charge in [-0.15, -0.1) is 12.4 Å². The first-order valence-corrected chi connectivity index (χ1v) is 9.40. The molecule has 2 saturated heterocycles. The third kappa shape index (κ3) is 3.74. The Morgan fingerprint density at radius 2 is 2.00 bits per heavy atom. The quantitative estimate of drug-likeness (QED) is 0.784. The van der Waals surface area contributed by atoms with Crippen LogP contribution in [0.1, 0.15) is 40.0 Å². The van der Waals surface area contributed by atoms with Gasteiger partial charge in [0.1, 0.15) is 0 Å². The molecule has 0 aromatic rings. The van der Waals surface area contributed by atoms with Crippen molar-refractivity contribution in [1.82, 2.24) is 15.1 Å². The SMILES string of the molecule is CCCN(CCC(=O)N1CCNCC1)C1C2CCOC2C1(C)C.Cl. The minimum Gasteiger partial charge on any atom is -0.377 e. The summed E-state index contributed by atoms with van der Waals surface area (Å²) in [5, 5.41) is 3.31. The van der Waals surface area contributed by atoms with Crippen molar-refractivity contribution in [2.45, 2.75) is 52.2 Å². The minimum absolute atomic E-state index is 0. The van der Waals surface area contributed by atoms with Gasteiger partial charge >= 0.3 is 0 Å². The molecule has 2 aliphatic heterocycles. The minimum atomic E-state index is 0. The molecule has 1 N–H and O–H groups in total. The van der Waals surface area contributed by atoms with Crippen molar-refractivity contribution in [1.29, 1.82) is 0 Å². The second kappa shape index (κ2) is 8.35. The first-order chi connectivity index (χ1) is 11.1. The van der Waals surface area contributed by atoms with Gasteiger partial charge in [-0.05, 0) is 19.4 Å². The molecule has 0 aromatic carbocycles. The van der Waals surface area contributed by atoms with Gasteiger partial charge in [0.15, 0.2) is 0 Å². The Bertz CT molecular complexity index is 426. The third-order valence-corrected chi connectivity index (χ3v) is 6.03. The normalized spacial score (nSPS) is 31.3. The summed E-state index contributed by atoms with van der Waals surface area (Å²) < 4.78 is 5.94. The smallest absolute Gasteiger partial charge is 0.223 e. The molecule has 3 aliphatic rings. The van der Waals surface area contributed by atoms with Gasteiger partial charge in [-0.2, -0.15) is 0 Å². The lowest BCUT2D eigenvalue weighted by atomic mass is 9.56. The topological polar surface area (TPSA) is 44.8 Å². The fraction of sp³-hybridized carbons (Fsp3) is 0.944. The Balaban J connectivity index is 0.00000208. The molecule has 3 atom stereocenters. The highest BCUT2D eigenvalue weighted by molar-refractivity contribution is 5.85. The largest absolute Gasteiger partial charge is 0.377 e. The van der Waals surface area contributed by atoms with E-state index in [1.807, 2.05) is 4.90 Å². The molecule has 3 unspecified atom stereocenters. The van der Waals surface area contributed by atoms with E-state index >= 15 is 0 Å². The van der Waals surface area contributed by atoms with E-state index in [1.54, 1.807) is 0 Å². The monoisotopic (exact) mass is 359 g/mol. The Kier molecular flexibility index (Phi) is 6.94. The number of rotatable bonds is 6. The van der Waals surface area contributed by atoms with Gasteiger partial charge in [0.25, 0.3) is 0 Å². The number of piperazine rings is 1. The lowest BCUT2D eigenvalue weighted by Gasteiger charge is -2.58. The first kappa shape index (κ1) is 20.0. The summed E-state index contributed by atoms with van der Waals surface area (Å²) in [6.07, 6.45) is 3.41. The maximum absolute atomic E-state index is 12.5. The lowest BCUT2D eigenvalue weighted by molar-refractivity contribution is -0.157. The van der Waals surface area contributed by atoms with E-state index < -0.39 is 0 Å². The molecule has 0 radical (unpaired) electrons. The van der Waals surface area contributed by atoms with Crippen LogP contribution in [0.4, 0.5) is 0 Å². The van der Waals surface area contributed by atoms with E-state index in [0.717, 1.165) is 52.3 Å². The standard InChI is InChI=1S/C18H33N3O2.ClH/c1-4-9-21(10-5-15(22)20-11-7-19-8-12-20)16-14-6-13-23-17(14)18(16,2)3;/h14,16-17,19H,4-13H2,1-3H3;1H. The number of amides is 1. The number of carbonyl (C=O) groups excluding carboxylic acids is 1. The van der Waals surface area contributed by atoms with Gasteiger partial charge in [-0.1, -0.05) is 20.8 Å². The van der Waals surface area contributed by atoms with E-state index in [1.165, 1.54) is 6.42 Å². The average molecular weight is 360 g/mol. The molecule has 6 heteroatoms. The van der Waals surface area contributed by atoms with Crippen molar-refractivity contribution in [3.8, 4) is 0 Å². The lowest BCUT2D eigenvalue weighted by Crippen LogP contribution is -2.67. The second-order valence-electron chi connectivity index (χ2n) is 7.93. The zero-order valence-corrected chi connectivity index (χ0v) is 16.2. The summed E-state index contributed by atoms with van der Waals surface area (Å²) in [6, 6.07) is 0.575. The molecule has 0 aromatic heterocycles. The molecule has 5 nitrogen and oxygen atoms in total. The molecule has 1 amide bonds. The van der Waals surface area contributed by atoms with Crippen LogP contribution >= 0.6 is 12.4 Å². The molecule has 1 aliphatic carbocycles. The highest BCUT2D eigenvalue weighted by Gasteiger charge is 2.60. The molecule has 1 saturated carbocycles. The fourth-order valence-corrected chi connectivity index (χ4v) is 5.03. The van der Waals surface area contributed by atoms with Crippen LogP contribution in [-0.4, -0.2) is 73.7 Å². The van der Waals surface area contributed by atoms with Crippen molar-refractivity contribution < 1.29 is 9.53 Å². The first-order valence-electron chi connectivity index (χ1n) is 9.40. The van der Waals surface area contributed by atoms with Gasteiger partial charge in [0, 0.05) is 63.1 Å². The summed E-state index contributed by atoms with van der Waals surface area (Å²) in [5.74, 6) is 0.995. The summed E-state index contributed by atoms with van der Waals surface area (Å²) in [7, 11) is 0. The summed E-state index contributed by atoms with van der Waals surface area (Å²) in [6.45, 7) is 13.4. The van der Waals surface area contributed by atoms with Crippen LogP contribution in [0.2, 0.25) is 0 Å². The number of carbonyl (C=O) groups is 1. The van der Waals surface area contributed by atoms with E-state index in [2.05, 4.69) is 31.0 Å². The summed E-state index contributed by atoms with van der Waals surface area (Å²) in [5.41, 5.74) is 0.217. The Morgan fingerprint density at radius 3 is 2.67 bits per heavy atom. The number of nitrogens with zero attached hydrogens (tertiary/aromatic N) is 2. The third-order valence-electron chi connectivity index (χ3n) is 6.03. The zero-order valence-electron chi connectivity index (χ0n) is 15.4. The van der Waals surface area contributed by atoms with Crippen LogP contribution in [0.25, 0.3) is 0 Å². The molecular formula is C18H34ClN3O2. The predicted molar refractivity (Wildman–Crippen MR) is 98.6 cm³/mol. The predicted octanol–water partition coefficient (Wildman–Crippen LogP) is 1.76. The van der Waals surface area contributed by atoms with Crippen LogP contribution in [0.5, 0.6) is 0 Å². The van der Waals surface area contributed by atoms with Crippen LogP contribution in [0.15, 0.2) is 0 Å². The van der Waals surface area contributed by atoms with Crippen LogP contribution < -0.4 is 5.32 Å². The molecule has 0 spiro atoms. The maximum atomic E-state index is 12.5. The van der Waals surface area contributed by atoms with Crippen LogP contribution in [0.3, 0.4) is 0 Å². The van der Waals surface area contributed by atoms with E-state index in [-0.39, 0.29) is 17.8 Å². The van der Waals surface area contributed by atoms with Crippen molar-refractivity contribution >= 4 is 18.3 Å². The fourth-order valence-electron chi connectivity index (χ4n) is 5.03. The maximum Gasteiger partial charge on any atom is 0.223 e. The molecule has 24 heavy (non-hydrogen) atoms. The van der Waals surface area contributed by atoms with Crippen molar-refractivity contribution in [2.75, 3.05) is 45.9 Å². The van der Waals surface area contributed by atoms with Crippen molar-refractivity contribution in [3.63, 3.8) is 0 Å². The molecule has 140 valence electrons. The Labute approximate surface area is 152 Å². The Hall–Kier alpha value is -0.360. The highest BCUT2D eigenvalue weighted by atomic mass is 35.5. The van der Waals surface area contributed by atoms with Crippen LogP contribution in [-0.2, 0) is 9.53 Å². The molecular weight excluding hydrogens is 326 g/mol. The van der Waals surface area contributed by atoms with Gasteiger partial charge in [0.2, 0.25) is 5.91 Å². The molecule has 0 bridgehead atoms. The van der Waals surface area contributed by atoms with E-state index in [0.29, 0.717) is 30.4 Å². The Morgan fingerprint density at radius 1 is 1.29 bits per heavy atom. The summed E-state index contributed by atoms with van der Waals surface area (Å²) >= 11 is 0. The van der Waals surface area contributed by atoms with Crippen LogP contribution in [0, 0.1) is 11.3 Å². The molecule has 3 fully saturated rings. The number of hydrogen-bond acceptors (Lipinski definition) is 4. The van der Waals surface area contributed by atoms with Gasteiger partial charge in [-0.25, -0.2) is 0 Å². The highest BCUT2D eigenvalue weighted by Crippen LogP contribution is 2.54. The zero-order chi connectivity index (χ0) is 16.4. The van der Waals surface area contributed by atoms with Crippen molar-refractivity contribution in [3.05, 3.63) is 0 Å². The van der Waals surface area contributed by atoms with Gasteiger partial charge in [-0.3, -0.25) is 9.69 Å². The number of fused-ring (bicyclic) bond motifs is 1. The van der Waals surface area contributed by atoms with E-state index in [9.17, 15) is 4.79 Å².